The van der Waals surface area contributed by atoms with Crippen molar-refractivity contribution in [2.24, 2.45) is 0 Å². The van der Waals surface area contributed by atoms with Crippen molar-refractivity contribution in [1.29, 1.82) is 0 Å². The van der Waals surface area contributed by atoms with Crippen LogP contribution in [0.5, 0.6) is 17.2 Å². The Kier molecular flexibility index (Phi) is 22.2. The van der Waals surface area contributed by atoms with Crippen LogP contribution < -0.4 is 63.7 Å². The van der Waals surface area contributed by atoms with Gasteiger partial charge in [0.2, 0.25) is 0 Å². The number of likely N-dealkylation sites (N-methyl/N-ethyl adjacent to an activating group) is 1. The highest BCUT2D eigenvalue weighted by molar-refractivity contribution is 6.14. The van der Waals surface area contributed by atoms with Gasteiger partial charge in [-0.25, -0.2) is 38.0 Å². The first-order valence-corrected chi connectivity index (χ1v) is 37.4. The summed E-state index contributed by atoms with van der Waals surface area (Å²) in [6.45, 7) is 19.2. The van der Waals surface area contributed by atoms with Gasteiger partial charge in [-0.1, -0.05) is 20.8 Å². The fourth-order valence-electron chi connectivity index (χ4n) is 14.4. The molecule has 35 nitrogen and oxygen atoms in total. The van der Waals surface area contributed by atoms with E-state index in [0.29, 0.717) is 70.8 Å². The van der Waals surface area contributed by atoms with Gasteiger partial charge in [0.1, 0.15) is 56.6 Å². The van der Waals surface area contributed by atoms with Crippen LogP contribution in [0.2, 0.25) is 0 Å². The molecule has 0 unspecified atom stereocenters. The number of pyridine rings is 4. The summed E-state index contributed by atoms with van der Waals surface area (Å²) < 4.78 is 59.0. The number of nitrogens with one attached hydrogen (secondary N) is 5. The van der Waals surface area contributed by atoms with Crippen molar-refractivity contribution in [3.05, 3.63) is 171 Å². The topological polar surface area (TPSA) is 442 Å². The molecule has 0 aromatic carbocycles. The standard InChI is InChI=1S/C21H25N7O.C20H25N7O2.C18H18F3N7O2.C18H21N7O2/c1-2-8-27-9-6-16-14(11-27)12-28-20(24-16)18(19(22)26-28)21(29)25-17-10-23-7-5-15(17)13-3-4-13;1-20(2,3)26-8-6-13-12(10-26)11-27-18(23-13)16(17(21)25-27)19(28)24-14-9-22-7-5-15(14)29-4;1-27-5-3-11-10(7-27)8-28-16(24-11)14(15(22)26-28)17(29)25-12-6-23-4-2-13(12)30-9-18(19,20)21;1-18(2)9-21-6-10-8-25-16(23-14(10)18)13(15(19)24-25)17(26)22-11-7-20-5-4-12(11)27-3/h5,7,10,12-13H,2-4,6,8-9,11H2,1H3,(H2,22,26)(H,25,29);5,7,9,11H,6,8,10H2,1-4H3,(H2,21,25)(H,24,28);2,4,6,8H,3,5,7,9H2,1H3,(H2,22,26)(H,25,29);4-5,7-8,21H,6,9H2,1-3H3,(H2,19,24)(H,22,26). The minimum Gasteiger partial charge on any atom is -0.494 e. The highest BCUT2D eigenvalue weighted by Gasteiger charge is 2.36. The summed E-state index contributed by atoms with van der Waals surface area (Å²) in [5.41, 5.74) is 37.5. The predicted octanol–water partition coefficient (Wildman–Crippen LogP) is 7.96. The van der Waals surface area contributed by atoms with Crippen LogP contribution in [0, 0.1) is 0 Å². The third-order valence-corrected chi connectivity index (χ3v) is 20.3. The summed E-state index contributed by atoms with van der Waals surface area (Å²) in [5.74, 6) is -0.0139. The van der Waals surface area contributed by atoms with Gasteiger partial charge in [-0.2, -0.15) is 13.2 Å². The van der Waals surface area contributed by atoms with Crippen LogP contribution in [0.1, 0.15) is 159 Å². The Morgan fingerprint density at radius 3 is 1.42 bits per heavy atom. The number of carbonyl (C=O) groups excluding carboxylic acids is 4. The minimum absolute atomic E-state index is 0.0231. The number of ether oxygens (including phenoxy) is 3. The van der Waals surface area contributed by atoms with E-state index in [4.69, 9.17) is 52.1 Å². The minimum atomic E-state index is -4.52. The van der Waals surface area contributed by atoms with Gasteiger partial charge in [-0.3, -0.25) is 48.9 Å². The lowest BCUT2D eigenvalue weighted by Crippen LogP contribution is -2.44. The zero-order valence-electron chi connectivity index (χ0n) is 64.9. The fraction of sp³-hybridized carbons (Fsp3) is 0.377. The second kappa shape index (κ2) is 32.4. The molecule has 5 aliphatic rings. The lowest BCUT2D eigenvalue weighted by Gasteiger charge is -2.38. The third kappa shape index (κ3) is 17.1. The number of rotatable bonds is 15. The number of amides is 4. The molecule has 4 aliphatic heterocycles. The van der Waals surface area contributed by atoms with Crippen molar-refractivity contribution in [2.45, 2.75) is 129 Å². The average Bonchev–Trinajstić information content (AvgIpc) is 1.68. The molecule has 16 heterocycles. The van der Waals surface area contributed by atoms with Gasteiger partial charge in [-0.15, -0.1) is 20.4 Å². The SMILES string of the molecule is CCCN1CCc2nc3c(C(=O)Nc4cnccc4C4CC4)c(N)nn3cc2C1.CN1CCc2nc3c(C(=O)Nc4cnccc4OCC(F)(F)F)c(N)nn3cc2C1.COc1ccncc1NC(=O)c1c(N)nn2cc3c(nc12)C(C)(C)CNC3.COc1ccncc1NC(=O)c1c(N)nn2cc3c(nc12)CCN(C(C)(C)C)C3. The first-order chi connectivity index (χ1) is 55.0. The zero-order chi connectivity index (χ0) is 81.4. The van der Waals surface area contributed by atoms with E-state index in [0.717, 1.165) is 134 Å². The van der Waals surface area contributed by atoms with Gasteiger partial charge >= 0.3 is 6.18 Å². The van der Waals surface area contributed by atoms with Crippen molar-refractivity contribution in [2.75, 3.05) is 105 Å². The first kappa shape index (κ1) is 78.9. The quantitative estimate of drug-likeness (QED) is 0.0469. The summed E-state index contributed by atoms with van der Waals surface area (Å²) in [6.07, 6.45) is 21.0. The second-order valence-electron chi connectivity index (χ2n) is 30.2. The highest BCUT2D eigenvalue weighted by atomic mass is 19.4. The highest BCUT2D eigenvalue weighted by Crippen LogP contribution is 2.43. The number of nitrogens with zero attached hydrogens (tertiary/aromatic N) is 19. The van der Waals surface area contributed by atoms with Crippen molar-refractivity contribution in [3.8, 4) is 17.2 Å². The lowest BCUT2D eigenvalue weighted by molar-refractivity contribution is -0.153. The lowest BCUT2D eigenvalue weighted by atomic mass is 9.84. The molecule has 13 N–H and O–H groups in total. The number of anilines is 8. The molecule has 0 bridgehead atoms. The molecule has 12 aromatic rings. The van der Waals surface area contributed by atoms with Gasteiger partial charge < -0.3 is 68.6 Å². The number of halogens is 3. The van der Waals surface area contributed by atoms with E-state index in [1.54, 1.807) is 56.7 Å². The molecule has 0 spiro atoms. The first-order valence-electron chi connectivity index (χ1n) is 37.4. The van der Waals surface area contributed by atoms with E-state index >= 15 is 0 Å². The van der Waals surface area contributed by atoms with Crippen LogP contribution in [-0.4, -0.2) is 189 Å². The number of nitrogens with two attached hydrogens (primary N) is 4. The molecule has 12 aromatic heterocycles. The number of carbonyl (C=O) groups is 4. The molecule has 1 aliphatic carbocycles. The van der Waals surface area contributed by atoms with Crippen molar-refractivity contribution in [3.63, 3.8) is 0 Å². The molecule has 115 heavy (non-hydrogen) atoms. The zero-order valence-corrected chi connectivity index (χ0v) is 64.9. The van der Waals surface area contributed by atoms with Gasteiger partial charge in [0.15, 0.2) is 52.5 Å². The van der Waals surface area contributed by atoms with Gasteiger partial charge in [0.25, 0.3) is 23.6 Å². The Morgan fingerprint density at radius 2 is 0.957 bits per heavy atom. The molecule has 0 radical (unpaired) electrons. The third-order valence-electron chi connectivity index (χ3n) is 20.3. The Bertz CT molecular complexity index is 5710. The number of methoxy groups -OCH3 is 2. The molecule has 17 rings (SSSR count). The van der Waals surface area contributed by atoms with Crippen LogP contribution in [0.25, 0.3) is 22.6 Å². The summed E-state index contributed by atoms with van der Waals surface area (Å²) in [6, 6.07) is 6.54. The Hall–Kier alpha value is -12.8. The predicted molar refractivity (Wildman–Crippen MR) is 423 cm³/mol. The molecule has 600 valence electrons. The monoisotopic (exact) mass is 1570 g/mol. The largest absolute Gasteiger partial charge is 0.494 e. The second-order valence-corrected chi connectivity index (χ2v) is 30.2. The van der Waals surface area contributed by atoms with E-state index in [2.05, 4.69) is 128 Å². The Balaban J connectivity index is 0.000000127. The Morgan fingerprint density at radius 1 is 0.548 bits per heavy atom. The molecule has 0 saturated heterocycles. The maximum atomic E-state index is 13.1. The van der Waals surface area contributed by atoms with E-state index in [9.17, 15) is 32.3 Å². The summed E-state index contributed by atoms with van der Waals surface area (Å²) >= 11 is 0. The smallest absolute Gasteiger partial charge is 0.422 e. The van der Waals surface area contributed by atoms with E-state index in [1.165, 1.54) is 49.6 Å². The number of alkyl halides is 3. The average molecular weight is 1580 g/mol. The number of hydrogen-bond donors (Lipinski definition) is 9. The van der Waals surface area contributed by atoms with Crippen LogP contribution in [0.15, 0.2) is 98.6 Å². The molecule has 4 amide bonds. The van der Waals surface area contributed by atoms with E-state index in [1.807, 2.05) is 31.7 Å². The van der Waals surface area contributed by atoms with E-state index in [-0.39, 0.29) is 73.9 Å². The molecule has 1 saturated carbocycles. The number of aromatic nitrogens is 16. The van der Waals surface area contributed by atoms with Crippen LogP contribution >= 0.6 is 0 Å². The molecule has 38 heteroatoms. The molecule has 1 fully saturated rings. The van der Waals surface area contributed by atoms with Crippen molar-refractivity contribution < 1.29 is 46.6 Å². The fourth-order valence-corrected chi connectivity index (χ4v) is 14.4. The van der Waals surface area contributed by atoms with Crippen LogP contribution in [0.3, 0.4) is 0 Å². The molecular weight excluding hydrogens is 1490 g/mol. The van der Waals surface area contributed by atoms with Crippen LogP contribution in [0.4, 0.5) is 59.2 Å². The molecule has 0 atom stereocenters. The number of nitrogen functional groups attached to an aromatic ring is 4. The van der Waals surface area contributed by atoms with Gasteiger partial charge in [0.05, 0.1) is 67.5 Å². The Labute approximate surface area is 657 Å². The number of fused-ring (bicyclic) bond motifs is 8. The molecular formula is C77H89F3N28O7. The van der Waals surface area contributed by atoms with Crippen LogP contribution in [-0.2, 0) is 50.9 Å². The maximum absolute atomic E-state index is 13.1. The van der Waals surface area contributed by atoms with Crippen molar-refractivity contribution in [1.82, 2.24) is 98.3 Å². The number of hydrogen-bond acceptors (Lipinski definition) is 27. The van der Waals surface area contributed by atoms with Crippen molar-refractivity contribution >= 4 is 92.2 Å². The summed E-state index contributed by atoms with van der Waals surface area (Å²) in [7, 11) is 5.05. The summed E-state index contributed by atoms with van der Waals surface area (Å²) in [4.78, 5) is 93.7. The van der Waals surface area contributed by atoms with Gasteiger partial charge in [0, 0.05) is 173 Å². The maximum Gasteiger partial charge on any atom is 0.422 e. The van der Waals surface area contributed by atoms with Gasteiger partial charge in [-0.05, 0) is 71.2 Å². The normalized spacial score (nSPS) is 15.3. The summed E-state index contributed by atoms with van der Waals surface area (Å²) in [5, 5.41) is 31.5. The van der Waals surface area contributed by atoms with E-state index < -0.39 is 30.5 Å².